The molecule has 2 heterocycles. The van der Waals surface area contributed by atoms with E-state index in [1.54, 1.807) is 0 Å². The van der Waals surface area contributed by atoms with Gasteiger partial charge in [0.2, 0.25) is 0 Å². The van der Waals surface area contributed by atoms with Crippen LogP contribution in [0.2, 0.25) is 0 Å². The van der Waals surface area contributed by atoms with Gasteiger partial charge in [-0.15, -0.1) is 0 Å². The van der Waals surface area contributed by atoms with Crippen molar-refractivity contribution < 1.29 is 9.53 Å². The molecule has 0 radical (unpaired) electrons. The van der Waals surface area contributed by atoms with Crippen LogP contribution in [0.5, 0.6) is 5.75 Å². The Labute approximate surface area is 119 Å². The molecule has 3 rings (SSSR count). The van der Waals surface area contributed by atoms with E-state index in [1.165, 1.54) is 0 Å². The van der Waals surface area contributed by atoms with E-state index in [9.17, 15) is 4.79 Å². The van der Waals surface area contributed by atoms with Crippen molar-refractivity contribution in [2.75, 3.05) is 38.5 Å². The van der Waals surface area contributed by atoms with Crippen LogP contribution >= 0.6 is 0 Å². The predicted octanol–water partition coefficient (Wildman–Crippen LogP) is 1.02. The van der Waals surface area contributed by atoms with Crippen LogP contribution in [0.15, 0.2) is 24.3 Å². The highest BCUT2D eigenvalue weighted by atomic mass is 16.5. The van der Waals surface area contributed by atoms with Gasteiger partial charge < -0.3 is 19.9 Å². The molecule has 1 aromatic carbocycles. The van der Waals surface area contributed by atoms with E-state index in [0.29, 0.717) is 12.6 Å². The molecule has 0 aliphatic carbocycles. The lowest BCUT2D eigenvalue weighted by molar-refractivity contribution is -0.141. The normalized spacial score (nSPS) is 26.4. The Hall–Kier alpha value is -1.75. The number of ether oxygens (including phenoxy) is 1. The van der Waals surface area contributed by atoms with Crippen LogP contribution in [0.25, 0.3) is 0 Å². The zero-order valence-corrected chi connectivity index (χ0v) is 12.0. The molecule has 5 heteroatoms. The Kier molecular flexibility index (Phi) is 3.53. The van der Waals surface area contributed by atoms with Crippen LogP contribution < -0.4 is 10.1 Å². The van der Waals surface area contributed by atoms with Gasteiger partial charge in [0.25, 0.3) is 5.91 Å². The third-order valence-electron chi connectivity index (χ3n) is 4.18. The van der Waals surface area contributed by atoms with E-state index in [1.807, 2.05) is 29.2 Å². The number of nitrogens with one attached hydrogen (secondary N) is 1. The largest absolute Gasteiger partial charge is 0.477 e. The molecule has 2 unspecified atom stereocenters. The van der Waals surface area contributed by atoms with Crippen molar-refractivity contribution in [1.29, 1.82) is 0 Å². The van der Waals surface area contributed by atoms with Crippen molar-refractivity contribution in [3.8, 4) is 5.75 Å². The second kappa shape index (κ2) is 5.32. The van der Waals surface area contributed by atoms with E-state index >= 15 is 0 Å². The topological polar surface area (TPSA) is 44.8 Å². The van der Waals surface area contributed by atoms with Crippen LogP contribution in [0.3, 0.4) is 0 Å². The van der Waals surface area contributed by atoms with E-state index in [4.69, 9.17) is 4.74 Å². The lowest BCUT2D eigenvalue weighted by Crippen LogP contribution is -2.56. The number of para-hydroxylation sites is 2. The monoisotopic (exact) mass is 275 g/mol. The van der Waals surface area contributed by atoms with Gasteiger partial charge in [-0.3, -0.25) is 4.79 Å². The summed E-state index contributed by atoms with van der Waals surface area (Å²) in [6, 6.07) is 8.14. The lowest BCUT2D eigenvalue weighted by atomic mass is 10.1. The fraction of sp³-hybridized carbons (Fsp3) is 0.533. The van der Waals surface area contributed by atoms with Gasteiger partial charge in [0.15, 0.2) is 6.10 Å². The Morgan fingerprint density at radius 3 is 2.95 bits per heavy atom. The summed E-state index contributed by atoms with van der Waals surface area (Å²) >= 11 is 0. The number of hydrogen-bond donors (Lipinski definition) is 1. The number of amides is 1. The summed E-state index contributed by atoms with van der Waals surface area (Å²) in [4.78, 5) is 16.8. The van der Waals surface area contributed by atoms with Gasteiger partial charge in [0, 0.05) is 25.7 Å². The molecule has 20 heavy (non-hydrogen) atoms. The number of carbonyl (C=O) groups excluding carboxylic acids is 1. The summed E-state index contributed by atoms with van der Waals surface area (Å²) in [5.41, 5.74) is 0.961. The highest BCUT2D eigenvalue weighted by Gasteiger charge is 2.32. The first kappa shape index (κ1) is 13.2. The maximum atomic E-state index is 12.6. The number of hydrogen-bond acceptors (Lipinski definition) is 4. The van der Waals surface area contributed by atoms with Crippen molar-refractivity contribution in [2.24, 2.45) is 0 Å². The summed E-state index contributed by atoms with van der Waals surface area (Å²) in [5.74, 6) is 0.853. The quantitative estimate of drug-likeness (QED) is 0.831. The smallest absolute Gasteiger partial charge is 0.265 e. The summed E-state index contributed by atoms with van der Waals surface area (Å²) < 4.78 is 5.84. The molecule has 0 bridgehead atoms. The summed E-state index contributed by atoms with van der Waals surface area (Å²) in [6.45, 7) is 5.16. The zero-order chi connectivity index (χ0) is 14.1. The molecule has 2 aliphatic rings. The van der Waals surface area contributed by atoms with E-state index in [-0.39, 0.29) is 5.91 Å². The number of nitrogens with zero attached hydrogens (tertiary/aromatic N) is 2. The van der Waals surface area contributed by atoms with Gasteiger partial charge >= 0.3 is 0 Å². The molecule has 0 saturated carbocycles. The number of likely N-dealkylation sites (N-methyl/N-ethyl adjacent to an activating group) is 1. The molecular weight excluding hydrogens is 254 g/mol. The van der Waals surface area contributed by atoms with Gasteiger partial charge in [-0.05, 0) is 26.1 Å². The standard InChI is InChI=1S/C15H21N3O2/c1-11-10-18(8-7-17(11)2)15(19)14-9-16-12-5-3-4-6-13(12)20-14/h3-6,11,14,16H,7-10H2,1-2H3. The third-order valence-corrected chi connectivity index (χ3v) is 4.18. The molecule has 1 fully saturated rings. The summed E-state index contributed by atoms with van der Waals surface area (Å²) in [5, 5.41) is 3.27. The van der Waals surface area contributed by atoms with Gasteiger partial charge in [0.05, 0.1) is 12.2 Å². The first-order chi connectivity index (χ1) is 9.65. The van der Waals surface area contributed by atoms with Gasteiger partial charge in [-0.2, -0.15) is 0 Å². The molecule has 5 nitrogen and oxygen atoms in total. The summed E-state index contributed by atoms with van der Waals surface area (Å²) in [6.07, 6.45) is -0.416. The molecule has 1 aromatic rings. The first-order valence-electron chi connectivity index (χ1n) is 7.14. The predicted molar refractivity (Wildman–Crippen MR) is 78.0 cm³/mol. The molecule has 0 aromatic heterocycles. The highest BCUT2D eigenvalue weighted by molar-refractivity contribution is 5.83. The van der Waals surface area contributed by atoms with Crippen molar-refractivity contribution in [2.45, 2.75) is 19.1 Å². The minimum absolute atomic E-state index is 0.0898. The van der Waals surface area contributed by atoms with E-state index in [0.717, 1.165) is 31.1 Å². The van der Waals surface area contributed by atoms with Crippen molar-refractivity contribution in [1.82, 2.24) is 9.80 Å². The first-order valence-corrected chi connectivity index (χ1v) is 7.14. The SMILES string of the molecule is CC1CN(C(=O)C2CNc3ccccc3O2)CCN1C. The Balaban J connectivity index is 1.67. The van der Waals surface area contributed by atoms with Crippen molar-refractivity contribution >= 4 is 11.6 Å². The lowest BCUT2D eigenvalue weighted by Gasteiger charge is -2.39. The van der Waals surface area contributed by atoms with Crippen LogP contribution in [-0.4, -0.2) is 61.1 Å². The van der Waals surface area contributed by atoms with Crippen LogP contribution in [0.1, 0.15) is 6.92 Å². The molecule has 2 aliphatic heterocycles. The van der Waals surface area contributed by atoms with Crippen LogP contribution in [0, 0.1) is 0 Å². The molecule has 1 saturated heterocycles. The Morgan fingerprint density at radius 1 is 1.35 bits per heavy atom. The highest BCUT2D eigenvalue weighted by Crippen LogP contribution is 2.28. The van der Waals surface area contributed by atoms with Crippen molar-refractivity contribution in [3.63, 3.8) is 0 Å². The number of fused-ring (bicyclic) bond motifs is 1. The average Bonchev–Trinajstić information content (AvgIpc) is 2.49. The number of benzene rings is 1. The molecular formula is C15H21N3O2. The zero-order valence-electron chi connectivity index (χ0n) is 12.0. The van der Waals surface area contributed by atoms with E-state index < -0.39 is 6.10 Å². The number of carbonyl (C=O) groups is 1. The maximum absolute atomic E-state index is 12.6. The van der Waals surface area contributed by atoms with Crippen LogP contribution in [0.4, 0.5) is 5.69 Å². The number of rotatable bonds is 1. The number of piperazine rings is 1. The second-order valence-corrected chi connectivity index (χ2v) is 5.60. The summed E-state index contributed by atoms with van der Waals surface area (Å²) in [7, 11) is 2.10. The average molecular weight is 275 g/mol. The second-order valence-electron chi connectivity index (χ2n) is 5.60. The van der Waals surface area contributed by atoms with Gasteiger partial charge in [-0.25, -0.2) is 0 Å². The third kappa shape index (κ3) is 2.45. The Morgan fingerprint density at radius 2 is 2.15 bits per heavy atom. The molecule has 0 spiro atoms. The van der Waals surface area contributed by atoms with Crippen molar-refractivity contribution in [3.05, 3.63) is 24.3 Å². The molecule has 108 valence electrons. The van der Waals surface area contributed by atoms with E-state index in [2.05, 4.69) is 24.2 Å². The Bertz CT molecular complexity index is 506. The van der Waals surface area contributed by atoms with Crippen LogP contribution in [-0.2, 0) is 4.79 Å². The fourth-order valence-corrected chi connectivity index (χ4v) is 2.70. The minimum Gasteiger partial charge on any atom is -0.477 e. The molecule has 1 amide bonds. The molecule has 1 N–H and O–H groups in total. The molecule has 2 atom stereocenters. The van der Waals surface area contributed by atoms with Gasteiger partial charge in [-0.1, -0.05) is 12.1 Å². The minimum atomic E-state index is -0.416. The fourth-order valence-electron chi connectivity index (χ4n) is 2.70. The number of anilines is 1. The maximum Gasteiger partial charge on any atom is 0.265 e. The van der Waals surface area contributed by atoms with Gasteiger partial charge in [0.1, 0.15) is 5.75 Å².